The highest BCUT2D eigenvalue weighted by atomic mass is 32.2. The van der Waals surface area contributed by atoms with E-state index < -0.39 is 57.6 Å². The van der Waals surface area contributed by atoms with Crippen molar-refractivity contribution in [1.82, 2.24) is 19.5 Å². The highest BCUT2D eigenvalue weighted by Crippen LogP contribution is 2.33. The number of pyridine rings is 1. The Hall–Kier alpha value is -4.10. The molecule has 0 aliphatic carbocycles. The zero-order valence-corrected chi connectivity index (χ0v) is 21.8. The molecule has 2 fully saturated rings. The van der Waals surface area contributed by atoms with Crippen molar-refractivity contribution in [3.05, 3.63) is 60.4 Å². The molecule has 2 amide bonds. The predicted molar refractivity (Wildman–Crippen MR) is 137 cm³/mol. The van der Waals surface area contributed by atoms with Crippen LogP contribution < -0.4 is 10.1 Å². The molecule has 4 heterocycles. The zero-order chi connectivity index (χ0) is 27.7. The highest BCUT2D eigenvalue weighted by molar-refractivity contribution is 8.04. The molecule has 13 heteroatoms. The van der Waals surface area contributed by atoms with Gasteiger partial charge in [0, 0.05) is 24.2 Å². The number of carbonyl (C=O) groups is 4. The Bertz CT molecular complexity index is 1500. The fraction of sp³-hybridized carbons (Fsp3) is 0.346. The Labute approximate surface area is 224 Å². The molecule has 3 aromatic rings. The molecule has 3 atom stereocenters. The summed E-state index contributed by atoms with van der Waals surface area (Å²) in [5.74, 6) is -1.07. The van der Waals surface area contributed by atoms with Crippen molar-refractivity contribution in [3.8, 4) is 5.95 Å². The van der Waals surface area contributed by atoms with Crippen molar-refractivity contribution in [2.75, 3.05) is 13.1 Å². The van der Waals surface area contributed by atoms with Gasteiger partial charge >= 0.3 is 11.2 Å². The number of rotatable bonds is 7. The molecule has 2 aliphatic heterocycles. The van der Waals surface area contributed by atoms with Crippen LogP contribution in [-0.4, -0.2) is 76.7 Å². The summed E-state index contributed by atoms with van der Waals surface area (Å²) in [7, 11) is -4.55. The van der Waals surface area contributed by atoms with Gasteiger partial charge in [-0.15, -0.1) is 0 Å². The van der Waals surface area contributed by atoms with Crippen LogP contribution in [0, 0.1) is 0 Å². The molecule has 204 valence electrons. The molecule has 0 radical (unpaired) electrons. The molecule has 2 aliphatic rings. The molecular formula is C26H26N4O8S. The molecular weight excluding hydrogens is 528 g/mol. The Kier molecular flexibility index (Phi) is 7.19. The number of benzene rings is 1. The largest absolute Gasteiger partial charge is 0.425 e. The maximum Gasteiger partial charge on any atom is 0.415 e. The van der Waals surface area contributed by atoms with Crippen molar-refractivity contribution in [2.45, 2.75) is 44.3 Å². The smallest absolute Gasteiger partial charge is 0.415 e. The fourth-order valence-corrected chi connectivity index (χ4v) is 6.55. The van der Waals surface area contributed by atoms with Crippen molar-refractivity contribution < 1.29 is 36.7 Å². The number of hydrogen-bond acceptors (Lipinski definition) is 9. The normalized spacial score (nSPS) is 20.1. The van der Waals surface area contributed by atoms with Gasteiger partial charge in [-0.1, -0.05) is 37.6 Å². The number of amides is 2. The van der Waals surface area contributed by atoms with Gasteiger partial charge in [-0.25, -0.2) is 13.2 Å². The SMILES string of the molecule is CCCC(NC(=O)Oc1cc2ccccc2o1)C(=O)N1CCC2C1C(=O)CN2S(=O)(=O)C(=O)c1ccccn1. The van der Waals surface area contributed by atoms with E-state index in [1.807, 2.05) is 13.0 Å². The molecule has 2 saturated heterocycles. The summed E-state index contributed by atoms with van der Waals surface area (Å²) in [5.41, 5.74) is 0.278. The maximum atomic E-state index is 13.5. The van der Waals surface area contributed by atoms with E-state index in [9.17, 15) is 27.6 Å². The quantitative estimate of drug-likeness (QED) is 0.462. The lowest BCUT2D eigenvalue weighted by molar-refractivity contribution is -0.138. The summed E-state index contributed by atoms with van der Waals surface area (Å²) >= 11 is 0. The van der Waals surface area contributed by atoms with Gasteiger partial charge in [0.1, 0.15) is 23.4 Å². The van der Waals surface area contributed by atoms with Crippen molar-refractivity contribution in [1.29, 1.82) is 0 Å². The number of ketones is 1. The number of ether oxygens (including phenoxy) is 1. The van der Waals surface area contributed by atoms with Crippen molar-refractivity contribution in [2.24, 2.45) is 0 Å². The molecule has 1 N–H and O–H groups in total. The fourth-order valence-electron chi connectivity index (χ4n) is 5.08. The van der Waals surface area contributed by atoms with Crippen LogP contribution in [0.2, 0.25) is 0 Å². The van der Waals surface area contributed by atoms with E-state index in [0.29, 0.717) is 12.0 Å². The second-order valence-electron chi connectivity index (χ2n) is 9.33. The van der Waals surface area contributed by atoms with E-state index in [1.54, 1.807) is 30.3 Å². The van der Waals surface area contributed by atoms with Gasteiger partial charge in [0.2, 0.25) is 5.91 Å². The van der Waals surface area contributed by atoms with Gasteiger partial charge in [-0.05, 0) is 31.0 Å². The third kappa shape index (κ3) is 5.02. The molecule has 0 spiro atoms. The number of aromatic nitrogens is 1. The van der Waals surface area contributed by atoms with Gasteiger partial charge in [-0.2, -0.15) is 4.31 Å². The van der Waals surface area contributed by atoms with Gasteiger partial charge in [0.25, 0.3) is 16.0 Å². The van der Waals surface area contributed by atoms with Crippen LogP contribution >= 0.6 is 0 Å². The minimum Gasteiger partial charge on any atom is -0.425 e. The van der Waals surface area contributed by atoms with Crippen LogP contribution in [0.25, 0.3) is 11.0 Å². The van der Waals surface area contributed by atoms with Crippen LogP contribution in [0.4, 0.5) is 4.79 Å². The molecule has 5 rings (SSSR count). The summed E-state index contributed by atoms with van der Waals surface area (Å²) in [6, 6.07) is 10.0. The second kappa shape index (κ2) is 10.6. The minimum atomic E-state index is -4.55. The van der Waals surface area contributed by atoms with E-state index >= 15 is 0 Å². The number of sulfonamides is 1. The van der Waals surface area contributed by atoms with Crippen LogP contribution in [-0.2, 0) is 19.6 Å². The molecule has 2 aromatic heterocycles. The maximum absolute atomic E-state index is 13.5. The minimum absolute atomic E-state index is 0.0398. The van der Waals surface area contributed by atoms with E-state index in [1.165, 1.54) is 23.2 Å². The first-order valence-corrected chi connectivity index (χ1v) is 13.9. The first-order chi connectivity index (χ1) is 18.7. The summed E-state index contributed by atoms with van der Waals surface area (Å²) in [4.78, 5) is 56.9. The van der Waals surface area contributed by atoms with E-state index in [2.05, 4.69) is 10.3 Å². The number of nitrogens with zero attached hydrogens (tertiary/aromatic N) is 3. The van der Waals surface area contributed by atoms with Gasteiger partial charge < -0.3 is 19.4 Å². The molecule has 12 nitrogen and oxygen atoms in total. The monoisotopic (exact) mass is 554 g/mol. The topological polar surface area (TPSA) is 156 Å². The molecule has 3 unspecified atom stereocenters. The molecule has 1 aromatic carbocycles. The number of hydrogen-bond donors (Lipinski definition) is 1. The standard InChI is InChI=1S/C26H26N4O8S/c1-2-7-17(28-26(34)38-22-14-16-8-3-4-10-21(16)37-22)24(32)29-13-11-19-23(29)20(31)15-30(19)39(35,36)25(33)18-9-5-6-12-27-18/h3-6,8-10,12,14,17,19,23H,2,7,11,13,15H2,1H3,(H,28,34). The van der Waals surface area contributed by atoms with Gasteiger partial charge in [0.05, 0.1) is 12.6 Å². The lowest BCUT2D eigenvalue weighted by Gasteiger charge is -2.27. The number of carbonyl (C=O) groups excluding carboxylic acids is 4. The number of furan rings is 1. The summed E-state index contributed by atoms with van der Waals surface area (Å²) in [6.45, 7) is 1.39. The third-order valence-electron chi connectivity index (χ3n) is 6.84. The van der Waals surface area contributed by atoms with Crippen molar-refractivity contribution in [3.63, 3.8) is 0 Å². The van der Waals surface area contributed by atoms with Crippen molar-refractivity contribution >= 4 is 43.9 Å². The van der Waals surface area contributed by atoms with Crippen LogP contribution in [0.5, 0.6) is 5.95 Å². The Morgan fingerprint density at radius 1 is 1.18 bits per heavy atom. The lowest BCUT2D eigenvalue weighted by Crippen LogP contribution is -2.53. The van der Waals surface area contributed by atoms with Crippen LogP contribution in [0.3, 0.4) is 0 Å². The van der Waals surface area contributed by atoms with Crippen LogP contribution in [0.15, 0.2) is 59.1 Å². The number of likely N-dealkylation sites (tertiary alicyclic amines) is 1. The Morgan fingerprint density at radius 2 is 1.95 bits per heavy atom. The van der Waals surface area contributed by atoms with E-state index in [0.717, 1.165) is 9.69 Å². The summed E-state index contributed by atoms with van der Waals surface area (Å²) in [5, 5.41) is 2.08. The van der Waals surface area contributed by atoms with E-state index in [-0.39, 0.29) is 31.0 Å². The summed E-state index contributed by atoms with van der Waals surface area (Å²) in [6.07, 6.45) is 1.36. The Balaban J connectivity index is 1.29. The Morgan fingerprint density at radius 3 is 2.67 bits per heavy atom. The second-order valence-corrected chi connectivity index (χ2v) is 11.1. The van der Waals surface area contributed by atoms with Crippen LogP contribution in [0.1, 0.15) is 36.7 Å². The molecule has 0 saturated carbocycles. The van der Waals surface area contributed by atoms with Gasteiger partial charge in [-0.3, -0.25) is 19.4 Å². The zero-order valence-electron chi connectivity index (χ0n) is 21.0. The first kappa shape index (κ1) is 26.5. The number of Topliss-reactive ketones (excluding diaryl/α,β-unsaturated/α-hetero) is 1. The lowest BCUT2D eigenvalue weighted by atomic mass is 10.1. The number of para-hydroxylation sites is 1. The summed E-state index contributed by atoms with van der Waals surface area (Å²) < 4.78 is 37.8. The first-order valence-electron chi connectivity index (χ1n) is 12.5. The van der Waals surface area contributed by atoms with E-state index in [4.69, 9.17) is 9.15 Å². The number of nitrogens with one attached hydrogen (secondary N) is 1. The molecule has 0 bridgehead atoms. The average Bonchev–Trinajstić information content (AvgIpc) is 3.63. The average molecular weight is 555 g/mol. The van der Waals surface area contributed by atoms with Gasteiger partial charge in [0.15, 0.2) is 5.78 Å². The predicted octanol–water partition coefficient (Wildman–Crippen LogP) is 2.11. The highest BCUT2D eigenvalue weighted by Gasteiger charge is 2.55. The number of fused-ring (bicyclic) bond motifs is 2. The third-order valence-corrected chi connectivity index (χ3v) is 8.54. The molecule has 39 heavy (non-hydrogen) atoms.